The van der Waals surface area contributed by atoms with E-state index in [4.69, 9.17) is 37.0 Å². The van der Waals surface area contributed by atoms with Gasteiger partial charge in [0.15, 0.2) is 12.2 Å². The molecule has 0 aliphatic carbocycles. The second-order valence-corrected chi connectivity index (χ2v) is 32.7. The van der Waals surface area contributed by atoms with Gasteiger partial charge < -0.3 is 33.8 Å². The van der Waals surface area contributed by atoms with Crippen molar-refractivity contribution in [1.29, 1.82) is 0 Å². The van der Waals surface area contributed by atoms with Gasteiger partial charge in [0.05, 0.1) is 26.4 Å². The molecule has 0 aliphatic heterocycles. The molecule has 0 spiro atoms. The maximum absolute atomic E-state index is 13.1. The molecule has 0 saturated carbocycles. The molecule has 0 aliphatic rings. The number of aliphatic hydroxyl groups is 1. The minimum atomic E-state index is -4.96. The summed E-state index contributed by atoms with van der Waals surface area (Å²) < 4.78 is 68.6. The van der Waals surface area contributed by atoms with E-state index in [0.717, 1.165) is 114 Å². The Morgan fingerprint density at radius 1 is 0.293 bits per heavy atom. The Hall–Kier alpha value is -1.94. The van der Waals surface area contributed by atoms with Crippen LogP contribution in [0, 0.1) is 17.8 Å². The Labute approximate surface area is 607 Å². The van der Waals surface area contributed by atoms with Crippen LogP contribution in [0.15, 0.2) is 0 Å². The number of carbonyl (C=O) groups is 4. The normalized spacial score (nSPS) is 14.5. The minimum Gasteiger partial charge on any atom is -0.462 e. The Morgan fingerprint density at radius 3 is 0.768 bits per heavy atom. The molecule has 7 atom stereocenters. The third kappa shape index (κ3) is 71.5. The second kappa shape index (κ2) is 70.4. The van der Waals surface area contributed by atoms with Crippen molar-refractivity contribution in [2.75, 3.05) is 39.6 Å². The first-order valence-electron chi connectivity index (χ1n) is 41.4. The molecule has 17 nitrogen and oxygen atoms in total. The Kier molecular flexibility index (Phi) is 69.0. The van der Waals surface area contributed by atoms with Gasteiger partial charge in [-0.1, -0.05) is 363 Å². The molecule has 19 heteroatoms. The third-order valence-electron chi connectivity index (χ3n) is 19.4. The molecule has 0 amide bonds. The van der Waals surface area contributed by atoms with Crippen molar-refractivity contribution in [3.63, 3.8) is 0 Å². The molecular weight excluding hydrogens is 1290 g/mol. The zero-order valence-electron chi connectivity index (χ0n) is 65.0. The van der Waals surface area contributed by atoms with Gasteiger partial charge in [0.2, 0.25) is 0 Å². The summed E-state index contributed by atoms with van der Waals surface area (Å²) in [5.41, 5.74) is 0. The lowest BCUT2D eigenvalue weighted by Gasteiger charge is -2.21. The fourth-order valence-electron chi connectivity index (χ4n) is 12.2. The highest BCUT2D eigenvalue weighted by atomic mass is 31.2. The molecule has 0 bridgehead atoms. The Balaban J connectivity index is 5.19. The molecular formula is C80H156O17P2. The van der Waals surface area contributed by atoms with E-state index in [1.165, 1.54) is 218 Å². The fourth-order valence-corrected chi connectivity index (χ4v) is 13.8. The van der Waals surface area contributed by atoms with Crippen molar-refractivity contribution in [3.8, 4) is 0 Å². The number of aliphatic hydroxyl groups excluding tert-OH is 1. The van der Waals surface area contributed by atoms with E-state index in [9.17, 15) is 43.2 Å². The third-order valence-corrected chi connectivity index (χ3v) is 21.3. The van der Waals surface area contributed by atoms with Crippen molar-refractivity contribution >= 4 is 39.5 Å². The van der Waals surface area contributed by atoms with E-state index < -0.39 is 97.5 Å². The number of phosphoric ester groups is 2. The lowest BCUT2D eigenvalue weighted by molar-refractivity contribution is -0.161. The van der Waals surface area contributed by atoms with Crippen LogP contribution in [0.5, 0.6) is 0 Å². The van der Waals surface area contributed by atoms with Crippen LogP contribution in [0.25, 0.3) is 0 Å². The van der Waals surface area contributed by atoms with Crippen LogP contribution in [-0.2, 0) is 65.4 Å². The summed E-state index contributed by atoms with van der Waals surface area (Å²) in [5, 5.41) is 10.6. The lowest BCUT2D eigenvalue weighted by atomic mass is 9.99. The number of rotatable bonds is 78. The molecule has 0 rings (SSSR count). The summed E-state index contributed by atoms with van der Waals surface area (Å²) in [6, 6.07) is 0. The molecule has 4 unspecified atom stereocenters. The maximum Gasteiger partial charge on any atom is 0.472 e. The van der Waals surface area contributed by atoms with Crippen LogP contribution in [0.3, 0.4) is 0 Å². The van der Waals surface area contributed by atoms with Gasteiger partial charge in [-0.3, -0.25) is 37.3 Å². The van der Waals surface area contributed by atoms with E-state index in [1.807, 2.05) is 0 Å². The summed E-state index contributed by atoms with van der Waals surface area (Å²) in [6.45, 7) is 12.0. The Bertz CT molecular complexity index is 1930. The van der Waals surface area contributed by atoms with E-state index in [2.05, 4.69) is 48.5 Å². The number of phosphoric acid groups is 2. The molecule has 588 valence electrons. The molecule has 0 radical (unpaired) electrons. The molecule has 0 fully saturated rings. The SMILES string of the molecule is CCCCCCCCCCC(=O)OC[C@H](COP(=O)(O)OC[C@H](O)COP(=O)(O)OC[C@@H](COC(=O)CCCCCCCCCCCCCCC(C)C)OC(=O)CCCCCCCCCCCCCCCCCCCCC(C)CC)OC(=O)CCCCCCCCCCCCC(C)CC. The van der Waals surface area contributed by atoms with Gasteiger partial charge in [0.25, 0.3) is 0 Å². The van der Waals surface area contributed by atoms with Gasteiger partial charge in [-0.2, -0.15) is 0 Å². The Morgan fingerprint density at radius 2 is 0.515 bits per heavy atom. The quantitative estimate of drug-likeness (QED) is 0.0222. The van der Waals surface area contributed by atoms with Crippen molar-refractivity contribution in [1.82, 2.24) is 0 Å². The van der Waals surface area contributed by atoms with Crippen LogP contribution in [0.4, 0.5) is 0 Å². The number of hydrogen-bond acceptors (Lipinski definition) is 15. The van der Waals surface area contributed by atoms with Gasteiger partial charge in [-0.25, -0.2) is 9.13 Å². The monoisotopic (exact) mass is 1450 g/mol. The summed E-state index contributed by atoms with van der Waals surface area (Å²) in [6.07, 6.45) is 58.3. The van der Waals surface area contributed by atoms with Crippen molar-refractivity contribution in [2.45, 2.75) is 433 Å². The summed E-state index contributed by atoms with van der Waals surface area (Å²) in [4.78, 5) is 72.9. The number of esters is 4. The zero-order chi connectivity index (χ0) is 73.0. The first kappa shape index (κ1) is 97.1. The molecule has 0 heterocycles. The van der Waals surface area contributed by atoms with Crippen molar-refractivity contribution in [3.05, 3.63) is 0 Å². The molecule has 0 aromatic carbocycles. The fraction of sp³-hybridized carbons (Fsp3) is 0.950. The number of hydrogen-bond donors (Lipinski definition) is 3. The van der Waals surface area contributed by atoms with Gasteiger partial charge in [0.1, 0.15) is 19.3 Å². The first-order valence-corrected chi connectivity index (χ1v) is 44.4. The topological polar surface area (TPSA) is 237 Å². The first-order chi connectivity index (χ1) is 47.8. The highest BCUT2D eigenvalue weighted by Crippen LogP contribution is 2.45. The van der Waals surface area contributed by atoms with Gasteiger partial charge >= 0.3 is 39.5 Å². The highest BCUT2D eigenvalue weighted by molar-refractivity contribution is 7.47. The number of ether oxygens (including phenoxy) is 4. The van der Waals surface area contributed by atoms with Crippen LogP contribution in [0.1, 0.15) is 414 Å². The highest BCUT2D eigenvalue weighted by Gasteiger charge is 2.30. The van der Waals surface area contributed by atoms with Crippen molar-refractivity contribution in [2.24, 2.45) is 17.8 Å². The van der Waals surface area contributed by atoms with Crippen LogP contribution in [0.2, 0.25) is 0 Å². The number of unbranched alkanes of at least 4 members (excludes halogenated alkanes) is 44. The second-order valence-electron chi connectivity index (χ2n) is 29.8. The molecule has 99 heavy (non-hydrogen) atoms. The predicted octanol–water partition coefficient (Wildman–Crippen LogP) is 23.7. The minimum absolute atomic E-state index is 0.106. The summed E-state index contributed by atoms with van der Waals surface area (Å²) in [5.74, 6) is 0.341. The van der Waals surface area contributed by atoms with E-state index in [1.54, 1.807) is 0 Å². The van der Waals surface area contributed by atoms with E-state index in [-0.39, 0.29) is 25.7 Å². The van der Waals surface area contributed by atoms with E-state index >= 15 is 0 Å². The van der Waals surface area contributed by atoms with Gasteiger partial charge in [-0.05, 0) is 43.4 Å². The summed E-state index contributed by atoms with van der Waals surface area (Å²) in [7, 11) is -9.91. The average Bonchev–Trinajstić information content (AvgIpc) is 1.11. The van der Waals surface area contributed by atoms with Gasteiger partial charge in [-0.15, -0.1) is 0 Å². The van der Waals surface area contributed by atoms with Crippen molar-refractivity contribution < 1.29 is 80.2 Å². The van der Waals surface area contributed by atoms with Crippen LogP contribution in [-0.4, -0.2) is 96.7 Å². The van der Waals surface area contributed by atoms with Crippen LogP contribution >= 0.6 is 15.6 Å². The summed E-state index contributed by atoms with van der Waals surface area (Å²) >= 11 is 0. The standard InChI is InChI=1S/C80H156O17P2/c1-8-11-12-13-14-40-47-54-61-77(82)90-67-75(96-80(85)64-57-50-43-36-30-29-33-39-46-53-60-73(7)10-3)69-94-98(86,87)92-65-74(81)66-93-99(88,89)95-70-76(68-91-78(83)62-55-48-41-34-27-24-23-25-31-37-44-51-58-71(4)5)97-79(84)63-56-49-42-35-28-22-20-18-16-15-17-19-21-26-32-38-45-52-59-72(6)9-2/h71-76,81H,8-70H2,1-7H3,(H,86,87)(H,88,89)/t72?,73?,74-,75+,76+/m0/s1. The van der Waals surface area contributed by atoms with Gasteiger partial charge in [0, 0.05) is 25.7 Å². The molecule has 3 N–H and O–H groups in total. The molecule has 0 saturated heterocycles. The lowest BCUT2D eigenvalue weighted by Crippen LogP contribution is -2.30. The maximum atomic E-state index is 13.1. The largest absolute Gasteiger partial charge is 0.472 e. The zero-order valence-corrected chi connectivity index (χ0v) is 66.8. The average molecular weight is 1450 g/mol. The number of carbonyl (C=O) groups excluding carboxylic acids is 4. The molecule has 0 aromatic heterocycles. The van der Waals surface area contributed by atoms with E-state index in [0.29, 0.717) is 25.7 Å². The molecule has 0 aromatic rings. The van der Waals surface area contributed by atoms with Crippen LogP contribution < -0.4 is 0 Å². The smallest absolute Gasteiger partial charge is 0.462 e. The predicted molar refractivity (Wildman–Crippen MR) is 405 cm³/mol.